The van der Waals surface area contributed by atoms with E-state index in [1.807, 2.05) is 43.3 Å². The van der Waals surface area contributed by atoms with Crippen molar-refractivity contribution in [2.75, 3.05) is 7.11 Å². The summed E-state index contributed by atoms with van der Waals surface area (Å²) in [4.78, 5) is 12.0. The molecule has 0 aromatic heterocycles. The van der Waals surface area contributed by atoms with Crippen LogP contribution in [0.3, 0.4) is 0 Å². The van der Waals surface area contributed by atoms with Gasteiger partial charge in [-0.3, -0.25) is 0 Å². The number of ether oxygens (including phenoxy) is 3. The van der Waals surface area contributed by atoms with Gasteiger partial charge in [0.2, 0.25) is 0 Å². The molecule has 1 heterocycles. The van der Waals surface area contributed by atoms with Gasteiger partial charge in [-0.2, -0.15) is 0 Å². The molecule has 2 aromatic rings. The van der Waals surface area contributed by atoms with Gasteiger partial charge in [-0.05, 0) is 42.3 Å². The lowest BCUT2D eigenvalue weighted by Crippen LogP contribution is -2.15. The van der Waals surface area contributed by atoms with Gasteiger partial charge in [0.25, 0.3) is 0 Å². The average Bonchev–Trinajstić information content (AvgIpc) is 3.29. The Morgan fingerprint density at radius 2 is 1.90 bits per heavy atom. The van der Waals surface area contributed by atoms with Crippen LogP contribution in [-0.4, -0.2) is 19.2 Å². The zero-order valence-electron chi connectivity index (χ0n) is 11.9. The number of methoxy groups -OCH3 is 1. The van der Waals surface area contributed by atoms with Crippen molar-refractivity contribution in [1.29, 1.82) is 0 Å². The van der Waals surface area contributed by atoms with E-state index in [-0.39, 0.29) is 12.1 Å². The predicted octanol–water partition coefficient (Wildman–Crippen LogP) is 3.05. The van der Waals surface area contributed by atoms with Gasteiger partial charge in [0.1, 0.15) is 17.6 Å². The Kier molecular flexibility index (Phi) is 3.62. The van der Waals surface area contributed by atoms with Crippen molar-refractivity contribution in [1.82, 2.24) is 0 Å². The molecule has 0 N–H and O–H groups in total. The van der Waals surface area contributed by atoms with E-state index in [1.165, 1.54) is 0 Å². The number of aryl methyl sites for hydroxylation is 1. The standard InChI is InChI=1S/C17H16O4/c1-11-10-12(8-9-14(11)19-2)15-16(21-15)17(18)20-13-6-4-3-5-7-13/h3-10,15-16H,1-2H3. The van der Waals surface area contributed by atoms with Crippen molar-refractivity contribution in [2.45, 2.75) is 19.1 Å². The highest BCUT2D eigenvalue weighted by molar-refractivity contribution is 5.80. The van der Waals surface area contributed by atoms with Crippen molar-refractivity contribution < 1.29 is 19.0 Å². The molecule has 1 fully saturated rings. The Hall–Kier alpha value is -2.33. The molecule has 1 aliphatic rings. The molecule has 2 unspecified atom stereocenters. The van der Waals surface area contributed by atoms with Crippen LogP contribution in [0.25, 0.3) is 0 Å². The maximum absolute atomic E-state index is 12.0. The molecule has 2 aromatic carbocycles. The number of para-hydroxylation sites is 1. The average molecular weight is 284 g/mol. The van der Waals surface area contributed by atoms with E-state index in [9.17, 15) is 4.79 Å². The molecule has 0 bridgehead atoms. The Bertz CT molecular complexity index is 651. The first-order valence-electron chi connectivity index (χ1n) is 6.76. The highest BCUT2D eigenvalue weighted by atomic mass is 16.6. The number of esters is 1. The second kappa shape index (κ2) is 5.58. The summed E-state index contributed by atoms with van der Waals surface area (Å²) < 4.78 is 15.9. The third-order valence-corrected chi connectivity index (χ3v) is 3.43. The minimum Gasteiger partial charge on any atom is -0.496 e. The molecule has 0 aliphatic carbocycles. The summed E-state index contributed by atoms with van der Waals surface area (Å²) in [6, 6.07) is 14.8. The van der Waals surface area contributed by atoms with E-state index in [0.717, 1.165) is 16.9 Å². The fourth-order valence-electron chi connectivity index (χ4n) is 2.29. The number of benzene rings is 2. The van der Waals surface area contributed by atoms with Crippen LogP contribution < -0.4 is 9.47 Å². The predicted molar refractivity (Wildman–Crippen MR) is 77.4 cm³/mol. The fourth-order valence-corrected chi connectivity index (χ4v) is 2.29. The zero-order valence-corrected chi connectivity index (χ0v) is 11.9. The number of rotatable bonds is 4. The molecule has 0 radical (unpaired) electrons. The van der Waals surface area contributed by atoms with Gasteiger partial charge in [0.05, 0.1) is 7.11 Å². The third kappa shape index (κ3) is 2.90. The Balaban J connectivity index is 1.66. The number of epoxide rings is 1. The number of carbonyl (C=O) groups excluding carboxylic acids is 1. The molecule has 21 heavy (non-hydrogen) atoms. The van der Waals surface area contributed by atoms with Crippen LogP contribution in [0.5, 0.6) is 11.5 Å². The van der Waals surface area contributed by atoms with Gasteiger partial charge >= 0.3 is 5.97 Å². The summed E-state index contributed by atoms with van der Waals surface area (Å²) in [5, 5.41) is 0. The van der Waals surface area contributed by atoms with Crippen molar-refractivity contribution in [3.05, 3.63) is 59.7 Å². The van der Waals surface area contributed by atoms with Gasteiger partial charge in [0.15, 0.2) is 6.10 Å². The number of carbonyl (C=O) groups is 1. The fraction of sp³-hybridized carbons (Fsp3) is 0.235. The summed E-state index contributed by atoms with van der Waals surface area (Å²) in [7, 11) is 1.63. The van der Waals surface area contributed by atoms with Gasteiger partial charge in [-0.1, -0.05) is 24.3 Å². The Morgan fingerprint density at radius 3 is 2.57 bits per heavy atom. The summed E-state index contributed by atoms with van der Waals surface area (Å²) >= 11 is 0. The molecule has 1 aliphatic heterocycles. The van der Waals surface area contributed by atoms with E-state index in [1.54, 1.807) is 19.2 Å². The van der Waals surface area contributed by atoms with E-state index in [2.05, 4.69) is 0 Å². The molecule has 4 heteroatoms. The van der Waals surface area contributed by atoms with Crippen molar-refractivity contribution in [3.8, 4) is 11.5 Å². The van der Waals surface area contributed by atoms with Crippen LogP contribution in [0.4, 0.5) is 0 Å². The smallest absolute Gasteiger partial charge is 0.343 e. The first-order chi connectivity index (χ1) is 10.2. The lowest BCUT2D eigenvalue weighted by molar-refractivity contribution is -0.135. The van der Waals surface area contributed by atoms with Gasteiger partial charge < -0.3 is 14.2 Å². The quantitative estimate of drug-likeness (QED) is 0.492. The lowest BCUT2D eigenvalue weighted by atomic mass is 10.1. The molecule has 0 amide bonds. The second-order valence-electron chi connectivity index (χ2n) is 4.94. The zero-order chi connectivity index (χ0) is 14.8. The van der Waals surface area contributed by atoms with Crippen LogP contribution >= 0.6 is 0 Å². The van der Waals surface area contributed by atoms with Crippen molar-refractivity contribution in [2.24, 2.45) is 0 Å². The normalized spacial score (nSPS) is 19.9. The van der Waals surface area contributed by atoms with Crippen LogP contribution in [0.15, 0.2) is 48.5 Å². The topological polar surface area (TPSA) is 48.1 Å². The maximum atomic E-state index is 12.0. The first-order valence-corrected chi connectivity index (χ1v) is 6.76. The maximum Gasteiger partial charge on any atom is 0.343 e. The molecule has 3 rings (SSSR count). The van der Waals surface area contributed by atoms with E-state index < -0.39 is 6.10 Å². The van der Waals surface area contributed by atoms with E-state index in [4.69, 9.17) is 14.2 Å². The molecule has 108 valence electrons. The van der Waals surface area contributed by atoms with Gasteiger partial charge in [0, 0.05) is 0 Å². The van der Waals surface area contributed by atoms with Gasteiger partial charge in [-0.15, -0.1) is 0 Å². The third-order valence-electron chi connectivity index (χ3n) is 3.43. The minimum atomic E-state index is -0.530. The van der Waals surface area contributed by atoms with E-state index in [0.29, 0.717) is 5.75 Å². The van der Waals surface area contributed by atoms with Gasteiger partial charge in [-0.25, -0.2) is 4.79 Å². The molecular formula is C17H16O4. The van der Waals surface area contributed by atoms with Crippen molar-refractivity contribution in [3.63, 3.8) is 0 Å². The summed E-state index contributed by atoms with van der Waals surface area (Å²) in [5.41, 5.74) is 1.98. The molecule has 1 saturated heterocycles. The molecule has 2 atom stereocenters. The first kappa shape index (κ1) is 13.6. The van der Waals surface area contributed by atoms with Crippen LogP contribution in [-0.2, 0) is 9.53 Å². The minimum absolute atomic E-state index is 0.231. The molecule has 4 nitrogen and oxygen atoms in total. The Labute approximate surface area is 123 Å². The van der Waals surface area contributed by atoms with Crippen LogP contribution in [0.1, 0.15) is 17.2 Å². The number of hydrogen-bond donors (Lipinski definition) is 0. The van der Waals surface area contributed by atoms with Crippen LogP contribution in [0.2, 0.25) is 0 Å². The van der Waals surface area contributed by atoms with Crippen molar-refractivity contribution >= 4 is 5.97 Å². The highest BCUT2D eigenvalue weighted by Crippen LogP contribution is 2.40. The largest absolute Gasteiger partial charge is 0.496 e. The van der Waals surface area contributed by atoms with Crippen LogP contribution in [0, 0.1) is 6.92 Å². The second-order valence-corrected chi connectivity index (χ2v) is 4.94. The highest BCUT2D eigenvalue weighted by Gasteiger charge is 2.47. The monoisotopic (exact) mass is 284 g/mol. The molecular weight excluding hydrogens is 268 g/mol. The molecule has 0 spiro atoms. The SMILES string of the molecule is COc1ccc(C2OC2C(=O)Oc2ccccc2)cc1C. The summed E-state index contributed by atoms with van der Waals surface area (Å²) in [6.07, 6.45) is -0.760. The Morgan fingerprint density at radius 1 is 1.14 bits per heavy atom. The summed E-state index contributed by atoms with van der Waals surface area (Å²) in [5.74, 6) is 0.991. The number of hydrogen-bond acceptors (Lipinski definition) is 4. The van der Waals surface area contributed by atoms with E-state index >= 15 is 0 Å². The summed E-state index contributed by atoms with van der Waals surface area (Å²) in [6.45, 7) is 1.96. The lowest BCUT2D eigenvalue weighted by Gasteiger charge is -2.05. The molecule has 0 saturated carbocycles.